The number of phenols is 1. The van der Waals surface area contributed by atoms with Gasteiger partial charge in [-0.15, -0.1) is 0 Å². The van der Waals surface area contributed by atoms with Gasteiger partial charge in [0.05, 0.1) is 5.69 Å². The minimum Gasteiger partial charge on any atom is -0.505 e. The van der Waals surface area contributed by atoms with E-state index in [1.807, 2.05) is 6.92 Å². The molecule has 1 atom stereocenters. The highest BCUT2D eigenvalue weighted by atomic mass is 19.1. The molecule has 1 aromatic rings. The van der Waals surface area contributed by atoms with Gasteiger partial charge in [-0.05, 0) is 12.5 Å². The fraction of sp³-hybridized carbons (Fsp3) is 0.538. The summed E-state index contributed by atoms with van der Waals surface area (Å²) in [6.45, 7) is 5.67. The first kappa shape index (κ1) is 13.1. The van der Waals surface area contributed by atoms with Crippen molar-refractivity contribution in [3.05, 3.63) is 23.5 Å². The van der Waals surface area contributed by atoms with Gasteiger partial charge in [0.25, 0.3) is 0 Å². The number of halogens is 1. The van der Waals surface area contributed by atoms with Crippen molar-refractivity contribution >= 4 is 5.69 Å². The third-order valence-electron chi connectivity index (χ3n) is 3.47. The Morgan fingerprint density at radius 1 is 1.44 bits per heavy atom. The van der Waals surface area contributed by atoms with Gasteiger partial charge < -0.3 is 16.2 Å². The number of nitrogens with one attached hydrogen (secondary N) is 1. The van der Waals surface area contributed by atoms with Crippen LogP contribution in [0.3, 0.4) is 0 Å². The van der Waals surface area contributed by atoms with E-state index in [9.17, 15) is 9.50 Å². The normalized spacial score (nSPS) is 18.8. The van der Waals surface area contributed by atoms with E-state index < -0.39 is 5.82 Å². The summed E-state index contributed by atoms with van der Waals surface area (Å²) in [6, 6.07) is 2.57. The maximum atomic E-state index is 13.4. The summed E-state index contributed by atoms with van der Waals surface area (Å²) in [5.41, 5.74) is 6.33. The van der Waals surface area contributed by atoms with E-state index in [1.165, 1.54) is 6.07 Å². The number of rotatable bonds is 3. The van der Waals surface area contributed by atoms with E-state index in [1.54, 1.807) is 0 Å². The third kappa shape index (κ3) is 2.57. The molecule has 4 nitrogen and oxygen atoms in total. The predicted octanol–water partition coefficient (Wildman–Crippen LogP) is 1.47. The van der Waals surface area contributed by atoms with Crippen LogP contribution < -0.4 is 11.1 Å². The smallest absolute Gasteiger partial charge is 0.143 e. The minimum absolute atomic E-state index is 0.0155. The highest BCUT2D eigenvalue weighted by Gasteiger charge is 2.24. The zero-order valence-electron chi connectivity index (χ0n) is 10.6. The van der Waals surface area contributed by atoms with Gasteiger partial charge in [-0.25, -0.2) is 4.39 Å². The molecule has 1 aliphatic heterocycles. The standard InChI is InChI=1S/C13H20FN3O/c1-2-12(17-5-3-16-4-6-17)10-7-9(14)8-11(15)13(10)18/h7-8,12,16,18H,2-6,15H2,1H3/t12-/m0/s1. The third-order valence-corrected chi connectivity index (χ3v) is 3.47. The molecule has 0 radical (unpaired) electrons. The number of aromatic hydroxyl groups is 1. The summed E-state index contributed by atoms with van der Waals surface area (Å²) in [5, 5.41) is 13.3. The number of nitrogen functional groups attached to an aromatic ring is 1. The van der Waals surface area contributed by atoms with Crippen molar-refractivity contribution < 1.29 is 9.50 Å². The number of nitrogens with zero attached hydrogens (tertiary/aromatic N) is 1. The average molecular weight is 253 g/mol. The molecule has 0 unspecified atom stereocenters. The first-order valence-electron chi connectivity index (χ1n) is 6.36. The second kappa shape index (κ2) is 5.54. The van der Waals surface area contributed by atoms with Gasteiger partial charge in [0.2, 0.25) is 0 Å². The van der Waals surface area contributed by atoms with Gasteiger partial charge in [0.15, 0.2) is 0 Å². The van der Waals surface area contributed by atoms with Gasteiger partial charge in [-0.2, -0.15) is 0 Å². The van der Waals surface area contributed by atoms with Crippen molar-refractivity contribution in [3.8, 4) is 5.75 Å². The van der Waals surface area contributed by atoms with Crippen LogP contribution in [0.15, 0.2) is 12.1 Å². The number of nitrogens with two attached hydrogens (primary N) is 1. The van der Waals surface area contributed by atoms with E-state index in [4.69, 9.17) is 5.73 Å². The number of hydrogen-bond acceptors (Lipinski definition) is 4. The first-order valence-corrected chi connectivity index (χ1v) is 6.36. The Labute approximate surface area is 107 Å². The minimum atomic E-state index is -0.395. The van der Waals surface area contributed by atoms with Crippen LogP contribution in [-0.4, -0.2) is 36.2 Å². The van der Waals surface area contributed by atoms with Crippen molar-refractivity contribution in [2.45, 2.75) is 19.4 Å². The SMILES string of the molecule is CC[C@@H](c1cc(F)cc(N)c1O)N1CCNCC1. The first-order chi connectivity index (χ1) is 8.63. The molecule has 0 bridgehead atoms. The molecule has 1 aliphatic rings. The Kier molecular flexibility index (Phi) is 4.04. The van der Waals surface area contributed by atoms with Crippen LogP contribution in [0.2, 0.25) is 0 Å². The molecule has 0 amide bonds. The summed E-state index contributed by atoms with van der Waals surface area (Å²) >= 11 is 0. The van der Waals surface area contributed by atoms with Crippen LogP contribution in [0.25, 0.3) is 0 Å². The van der Waals surface area contributed by atoms with Crippen molar-refractivity contribution in [1.82, 2.24) is 10.2 Å². The Hall–Kier alpha value is -1.33. The van der Waals surface area contributed by atoms with Crippen LogP contribution in [0.1, 0.15) is 24.9 Å². The number of phenolic OH excluding ortho intramolecular Hbond substituents is 1. The number of anilines is 1. The Bertz CT molecular complexity index is 419. The van der Waals surface area contributed by atoms with E-state index in [0.717, 1.165) is 38.7 Å². The van der Waals surface area contributed by atoms with Crippen molar-refractivity contribution in [3.63, 3.8) is 0 Å². The molecule has 1 heterocycles. The van der Waals surface area contributed by atoms with Crippen LogP contribution in [0.4, 0.5) is 10.1 Å². The van der Waals surface area contributed by atoms with Gasteiger partial charge in [0, 0.05) is 43.9 Å². The van der Waals surface area contributed by atoms with Crippen molar-refractivity contribution in [2.75, 3.05) is 31.9 Å². The zero-order chi connectivity index (χ0) is 13.1. The lowest BCUT2D eigenvalue weighted by molar-refractivity contribution is 0.166. The number of hydrogen-bond donors (Lipinski definition) is 3. The molecule has 1 fully saturated rings. The molecule has 2 rings (SSSR count). The number of piperazine rings is 1. The van der Waals surface area contributed by atoms with Gasteiger partial charge in [-0.3, -0.25) is 4.90 Å². The molecule has 0 aliphatic carbocycles. The van der Waals surface area contributed by atoms with E-state index in [-0.39, 0.29) is 17.5 Å². The second-order valence-corrected chi connectivity index (χ2v) is 4.64. The summed E-state index contributed by atoms with van der Waals surface area (Å²) in [7, 11) is 0. The lowest BCUT2D eigenvalue weighted by atomic mass is 10.00. The highest BCUT2D eigenvalue weighted by molar-refractivity contribution is 5.57. The van der Waals surface area contributed by atoms with E-state index in [2.05, 4.69) is 10.2 Å². The number of benzene rings is 1. The lowest BCUT2D eigenvalue weighted by Crippen LogP contribution is -2.45. The van der Waals surface area contributed by atoms with Crippen LogP contribution >= 0.6 is 0 Å². The monoisotopic (exact) mass is 253 g/mol. The quantitative estimate of drug-likeness (QED) is 0.564. The predicted molar refractivity (Wildman–Crippen MR) is 70.0 cm³/mol. The van der Waals surface area contributed by atoms with Crippen LogP contribution in [-0.2, 0) is 0 Å². The Balaban J connectivity index is 2.31. The lowest BCUT2D eigenvalue weighted by Gasteiger charge is -2.35. The molecular formula is C13H20FN3O. The summed E-state index contributed by atoms with van der Waals surface area (Å²) in [5.74, 6) is -0.379. The van der Waals surface area contributed by atoms with Gasteiger partial charge in [0.1, 0.15) is 11.6 Å². The van der Waals surface area contributed by atoms with Crippen molar-refractivity contribution in [1.29, 1.82) is 0 Å². The fourth-order valence-corrected chi connectivity index (χ4v) is 2.56. The molecular weight excluding hydrogens is 233 g/mol. The molecule has 18 heavy (non-hydrogen) atoms. The summed E-state index contributed by atoms with van der Waals surface area (Å²) < 4.78 is 13.4. The Morgan fingerprint density at radius 2 is 2.11 bits per heavy atom. The molecule has 4 N–H and O–H groups in total. The van der Waals surface area contributed by atoms with Crippen molar-refractivity contribution in [2.24, 2.45) is 0 Å². The Morgan fingerprint density at radius 3 is 2.72 bits per heavy atom. The largest absolute Gasteiger partial charge is 0.505 e. The van der Waals surface area contributed by atoms with Gasteiger partial charge in [-0.1, -0.05) is 6.92 Å². The second-order valence-electron chi connectivity index (χ2n) is 4.64. The maximum absolute atomic E-state index is 13.4. The molecule has 1 saturated heterocycles. The zero-order valence-corrected chi connectivity index (χ0v) is 10.6. The summed E-state index contributed by atoms with van der Waals surface area (Å²) in [4.78, 5) is 2.25. The fourth-order valence-electron chi connectivity index (χ4n) is 2.56. The molecule has 0 saturated carbocycles. The molecule has 0 aromatic heterocycles. The summed E-state index contributed by atoms with van der Waals surface area (Å²) in [6.07, 6.45) is 0.816. The van der Waals surface area contributed by atoms with Crippen LogP contribution in [0, 0.1) is 5.82 Å². The van der Waals surface area contributed by atoms with E-state index >= 15 is 0 Å². The van der Waals surface area contributed by atoms with Gasteiger partial charge >= 0.3 is 0 Å². The molecule has 5 heteroatoms. The van der Waals surface area contributed by atoms with Crippen LogP contribution in [0.5, 0.6) is 5.75 Å². The topological polar surface area (TPSA) is 61.5 Å². The average Bonchev–Trinajstić information content (AvgIpc) is 2.37. The molecule has 1 aromatic carbocycles. The maximum Gasteiger partial charge on any atom is 0.143 e. The highest BCUT2D eigenvalue weighted by Crippen LogP contribution is 2.35. The molecule has 100 valence electrons. The molecule has 0 spiro atoms. The van der Waals surface area contributed by atoms with E-state index in [0.29, 0.717) is 5.56 Å².